The summed E-state index contributed by atoms with van der Waals surface area (Å²) in [6.45, 7) is 0.594. The molecule has 0 saturated carbocycles. The van der Waals surface area contributed by atoms with E-state index in [1.807, 2.05) is 24.3 Å². The Morgan fingerprint density at radius 2 is 1.47 bits per heavy atom. The van der Waals surface area contributed by atoms with E-state index in [-0.39, 0.29) is 37.9 Å². The lowest BCUT2D eigenvalue weighted by Gasteiger charge is -2.16. The second-order valence-electron chi connectivity index (χ2n) is 7.70. The highest BCUT2D eigenvalue weighted by atomic mass is 16.5. The number of aldehydes is 2. The van der Waals surface area contributed by atoms with Gasteiger partial charge in [0.1, 0.15) is 19.2 Å². The van der Waals surface area contributed by atoms with Gasteiger partial charge in [0.05, 0.1) is 13.1 Å². The van der Waals surface area contributed by atoms with Crippen LogP contribution in [0.15, 0.2) is 48.5 Å². The summed E-state index contributed by atoms with van der Waals surface area (Å²) in [6.07, 6.45) is 3.11. The number of nitrogens with one attached hydrogen (secondary N) is 1. The molecule has 168 valence electrons. The van der Waals surface area contributed by atoms with Gasteiger partial charge in [-0.1, -0.05) is 55.0 Å². The van der Waals surface area contributed by atoms with E-state index < -0.39 is 6.09 Å². The molecule has 1 N–H and O–H groups in total. The molecule has 2 aromatic rings. The quantitative estimate of drug-likeness (QED) is 0.407. The lowest BCUT2D eigenvalue weighted by Crippen LogP contribution is -2.34. The normalized spacial score (nSPS) is 11.9. The molecule has 7 heteroatoms. The van der Waals surface area contributed by atoms with Gasteiger partial charge < -0.3 is 24.5 Å². The average Bonchev–Trinajstić information content (AvgIpc) is 3.13. The van der Waals surface area contributed by atoms with Crippen LogP contribution in [-0.2, 0) is 19.1 Å². The zero-order valence-corrected chi connectivity index (χ0v) is 18.0. The fourth-order valence-corrected chi connectivity index (χ4v) is 4.03. The van der Waals surface area contributed by atoms with Crippen LogP contribution in [0.2, 0.25) is 0 Å². The van der Waals surface area contributed by atoms with Gasteiger partial charge in [0.15, 0.2) is 0 Å². The highest BCUT2D eigenvalue weighted by molar-refractivity contribution is 5.81. The van der Waals surface area contributed by atoms with Crippen molar-refractivity contribution in [3.63, 3.8) is 0 Å². The van der Waals surface area contributed by atoms with Crippen molar-refractivity contribution in [2.75, 3.05) is 26.2 Å². The number of carbonyl (C=O) groups is 4. The lowest BCUT2D eigenvalue weighted by atomic mass is 9.98. The van der Waals surface area contributed by atoms with Crippen molar-refractivity contribution >= 4 is 24.6 Å². The highest BCUT2D eigenvalue weighted by Gasteiger charge is 2.28. The number of nitrogens with zero attached hydrogens (tertiary/aromatic N) is 1. The molecule has 0 radical (unpaired) electrons. The molecule has 0 spiro atoms. The Balaban J connectivity index is 1.36. The van der Waals surface area contributed by atoms with Crippen molar-refractivity contribution in [1.82, 2.24) is 10.2 Å². The SMILES string of the molecule is O=CCN(CC=O)C(=O)CCCCCNC(=O)OCC1c2ccccc2-c2ccccc21. The predicted molar refractivity (Wildman–Crippen MR) is 120 cm³/mol. The van der Waals surface area contributed by atoms with Crippen molar-refractivity contribution in [2.24, 2.45) is 0 Å². The number of alkyl carbamates (subject to hydrolysis) is 1. The molecule has 0 aromatic heterocycles. The van der Waals surface area contributed by atoms with E-state index in [0.29, 0.717) is 32.0 Å². The number of fused-ring (bicyclic) bond motifs is 3. The van der Waals surface area contributed by atoms with Crippen LogP contribution < -0.4 is 5.32 Å². The summed E-state index contributed by atoms with van der Waals surface area (Å²) in [6, 6.07) is 16.4. The van der Waals surface area contributed by atoms with Crippen LogP contribution in [-0.4, -0.2) is 55.7 Å². The number of carbonyl (C=O) groups excluding carboxylic acids is 4. The number of amides is 2. The summed E-state index contributed by atoms with van der Waals surface area (Å²) >= 11 is 0. The molecule has 0 aliphatic heterocycles. The van der Waals surface area contributed by atoms with Crippen molar-refractivity contribution in [2.45, 2.75) is 31.6 Å². The van der Waals surface area contributed by atoms with Gasteiger partial charge in [0.25, 0.3) is 0 Å². The summed E-state index contributed by atoms with van der Waals surface area (Å²) < 4.78 is 5.49. The van der Waals surface area contributed by atoms with E-state index in [1.165, 1.54) is 27.2 Å². The summed E-state index contributed by atoms with van der Waals surface area (Å²) in [5, 5.41) is 2.76. The van der Waals surface area contributed by atoms with Gasteiger partial charge in [-0.15, -0.1) is 0 Å². The van der Waals surface area contributed by atoms with E-state index >= 15 is 0 Å². The third kappa shape index (κ3) is 5.81. The van der Waals surface area contributed by atoms with Crippen LogP contribution in [0.4, 0.5) is 4.79 Å². The Morgan fingerprint density at radius 1 is 0.875 bits per heavy atom. The first kappa shape index (κ1) is 23.2. The minimum atomic E-state index is -0.453. The highest BCUT2D eigenvalue weighted by Crippen LogP contribution is 2.44. The number of unbranched alkanes of at least 4 members (excludes halogenated alkanes) is 2. The first-order chi connectivity index (χ1) is 15.7. The molecule has 2 aromatic carbocycles. The molecule has 0 unspecified atom stereocenters. The number of hydrogen-bond acceptors (Lipinski definition) is 5. The molecule has 2 amide bonds. The van der Waals surface area contributed by atoms with Crippen LogP contribution in [0.5, 0.6) is 0 Å². The maximum absolute atomic E-state index is 12.1. The second-order valence-corrected chi connectivity index (χ2v) is 7.70. The second kappa shape index (κ2) is 11.8. The Morgan fingerprint density at radius 3 is 2.06 bits per heavy atom. The molecule has 32 heavy (non-hydrogen) atoms. The van der Waals surface area contributed by atoms with E-state index in [4.69, 9.17) is 4.74 Å². The Hall–Kier alpha value is -3.48. The van der Waals surface area contributed by atoms with Crippen LogP contribution in [0.3, 0.4) is 0 Å². The van der Waals surface area contributed by atoms with Crippen molar-refractivity contribution < 1.29 is 23.9 Å². The summed E-state index contributed by atoms with van der Waals surface area (Å²) in [5.74, 6) is -0.187. The summed E-state index contributed by atoms with van der Waals surface area (Å²) in [5.41, 5.74) is 4.71. The van der Waals surface area contributed by atoms with E-state index in [1.54, 1.807) is 0 Å². The molecule has 0 bridgehead atoms. The molecule has 7 nitrogen and oxygen atoms in total. The van der Waals surface area contributed by atoms with Crippen LogP contribution >= 0.6 is 0 Å². The fourth-order valence-electron chi connectivity index (χ4n) is 4.03. The van der Waals surface area contributed by atoms with Crippen molar-refractivity contribution in [1.29, 1.82) is 0 Å². The maximum Gasteiger partial charge on any atom is 0.407 e. The third-order valence-corrected chi connectivity index (χ3v) is 5.62. The zero-order chi connectivity index (χ0) is 22.8. The number of rotatable bonds is 12. The fraction of sp³-hybridized carbons (Fsp3) is 0.360. The largest absolute Gasteiger partial charge is 0.449 e. The molecule has 1 aliphatic carbocycles. The van der Waals surface area contributed by atoms with Gasteiger partial charge in [0.2, 0.25) is 5.91 Å². The number of hydrogen-bond donors (Lipinski definition) is 1. The predicted octanol–water partition coefficient (Wildman–Crippen LogP) is 3.31. The van der Waals surface area contributed by atoms with Crippen molar-refractivity contribution in [3.8, 4) is 11.1 Å². The van der Waals surface area contributed by atoms with Gasteiger partial charge in [-0.3, -0.25) is 4.79 Å². The molecule has 0 heterocycles. The van der Waals surface area contributed by atoms with Crippen molar-refractivity contribution in [3.05, 3.63) is 59.7 Å². The third-order valence-electron chi connectivity index (χ3n) is 5.62. The first-order valence-corrected chi connectivity index (χ1v) is 10.9. The Bertz CT molecular complexity index is 903. The van der Waals surface area contributed by atoms with Gasteiger partial charge in [-0.2, -0.15) is 0 Å². The van der Waals surface area contributed by atoms with Gasteiger partial charge in [-0.05, 0) is 35.1 Å². The molecule has 0 fully saturated rings. The zero-order valence-electron chi connectivity index (χ0n) is 18.0. The van der Waals surface area contributed by atoms with Gasteiger partial charge in [0, 0.05) is 18.9 Å². The van der Waals surface area contributed by atoms with E-state index in [9.17, 15) is 19.2 Å². The van der Waals surface area contributed by atoms with Crippen LogP contribution in [0, 0.1) is 0 Å². The lowest BCUT2D eigenvalue weighted by molar-refractivity contribution is -0.134. The number of ether oxygens (including phenoxy) is 1. The van der Waals surface area contributed by atoms with E-state index in [0.717, 1.165) is 6.42 Å². The monoisotopic (exact) mass is 436 g/mol. The molecular weight excluding hydrogens is 408 g/mol. The minimum absolute atomic E-state index is 0.0276. The maximum atomic E-state index is 12.1. The van der Waals surface area contributed by atoms with Crippen LogP contribution in [0.1, 0.15) is 42.7 Å². The topological polar surface area (TPSA) is 92.8 Å². The molecule has 1 aliphatic rings. The molecule has 0 saturated heterocycles. The smallest absolute Gasteiger partial charge is 0.407 e. The Labute approximate surface area is 187 Å². The molecule has 0 atom stereocenters. The summed E-state index contributed by atoms with van der Waals surface area (Å²) in [4.78, 5) is 46.5. The first-order valence-electron chi connectivity index (χ1n) is 10.9. The molecular formula is C25H28N2O5. The average molecular weight is 437 g/mol. The van der Waals surface area contributed by atoms with Gasteiger partial charge in [-0.25, -0.2) is 4.79 Å². The van der Waals surface area contributed by atoms with Gasteiger partial charge >= 0.3 is 6.09 Å². The summed E-state index contributed by atoms with van der Waals surface area (Å²) in [7, 11) is 0. The Kier molecular flexibility index (Phi) is 8.54. The van der Waals surface area contributed by atoms with E-state index in [2.05, 4.69) is 29.6 Å². The molecule has 3 rings (SSSR count). The van der Waals surface area contributed by atoms with Crippen LogP contribution in [0.25, 0.3) is 11.1 Å². The minimum Gasteiger partial charge on any atom is -0.449 e. The standard InChI is InChI=1S/C25H28N2O5/c28-16-14-27(15-17-29)24(30)12-2-1-7-13-26-25(31)32-18-23-21-10-5-3-8-19(21)20-9-4-6-11-22(20)23/h3-6,8-11,16-17,23H,1-2,7,12-15,18H2,(H,26,31). The number of benzene rings is 2.